The molecule has 1 saturated carbocycles. The Hall–Kier alpha value is -4.63. The van der Waals surface area contributed by atoms with Crippen molar-refractivity contribution in [2.45, 2.75) is 75.9 Å². The fourth-order valence-electron chi connectivity index (χ4n) is 6.12. The van der Waals surface area contributed by atoms with Crippen LogP contribution in [0.15, 0.2) is 108 Å². The van der Waals surface area contributed by atoms with E-state index in [0.29, 0.717) is 5.75 Å². The average Bonchev–Trinajstić information content (AvgIpc) is 3.10. The molecule has 48 heavy (non-hydrogen) atoms. The molecule has 0 aromatic heterocycles. The molecule has 0 radical (unpaired) electrons. The van der Waals surface area contributed by atoms with Crippen LogP contribution in [0.5, 0.6) is 5.75 Å². The molecule has 0 heterocycles. The van der Waals surface area contributed by atoms with Gasteiger partial charge >= 0.3 is 0 Å². The number of benzene rings is 4. The van der Waals surface area contributed by atoms with Crippen molar-refractivity contribution in [2.24, 2.45) is 0 Å². The second kappa shape index (κ2) is 16.0. The van der Waals surface area contributed by atoms with Crippen LogP contribution < -0.4 is 14.4 Å². The van der Waals surface area contributed by atoms with Gasteiger partial charge in [0.15, 0.2) is 0 Å². The molecule has 4 aromatic rings. The maximum absolute atomic E-state index is 14.7. The van der Waals surface area contributed by atoms with E-state index >= 15 is 0 Å². The van der Waals surface area contributed by atoms with E-state index in [1.54, 1.807) is 53.4 Å². The van der Waals surface area contributed by atoms with Gasteiger partial charge in [0.2, 0.25) is 11.8 Å². The SMILES string of the molecule is COc1cccc(N(CC(=O)N(Cc2ccc(C)cc2)C(Cc2ccccc2)C(=O)NC2CCCCC2)S(=O)(=O)c2ccc(C)cc2)c1. The number of carbonyl (C=O) groups is 2. The Balaban J connectivity index is 1.57. The van der Waals surface area contributed by atoms with E-state index in [0.717, 1.165) is 58.7 Å². The van der Waals surface area contributed by atoms with Gasteiger partial charge in [-0.15, -0.1) is 0 Å². The summed E-state index contributed by atoms with van der Waals surface area (Å²) in [4.78, 5) is 30.6. The number of nitrogens with one attached hydrogen (secondary N) is 1. The maximum Gasteiger partial charge on any atom is 0.264 e. The number of ether oxygens (including phenoxy) is 1. The maximum atomic E-state index is 14.7. The number of hydrogen-bond donors (Lipinski definition) is 1. The van der Waals surface area contributed by atoms with Crippen LogP contribution in [-0.2, 0) is 32.6 Å². The lowest BCUT2D eigenvalue weighted by atomic mass is 9.94. The molecule has 2 amide bonds. The standard InChI is InChI=1S/C39H45N3O5S/c1-29-17-21-32(22-18-29)27-41(37(25-31-11-6-4-7-12-31)39(44)40-33-13-8-5-9-14-33)38(43)28-42(34-15-10-16-35(26-34)47-3)48(45,46)36-23-19-30(2)20-24-36/h4,6-7,10-12,15-24,26,33,37H,5,8-9,13-14,25,27-28H2,1-3H3,(H,40,44). The summed E-state index contributed by atoms with van der Waals surface area (Å²) in [5.74, 6) is -0.274. The van der Waals surface area contributed by atoms with Crippen molar-refractivity contribution in [3.8, 4) is 5.75 Å². The summed E-state index contributed by atoms with van der Waals surface area (Å²) in [6, 6.07) is 29.8. The largest absolute Gasteiger partial charge is 0.497 e. The molecule has 4 aromatic carbocycles. The first-order valence-electron chi connectivity index (χ1n) is 16.6. The number of hydrogen-bond acceptors (Lipinski definition) is 5. The van der Waals surface area contributed by atoms with Crippen LogP contribution in [-0.4, -0.2) is 50.9 Å². The molecule has 0 spiro atoms. The normalized spacial score (nSPS) is 14.1. The van der Waals surface area contributed by atoms with Gasteiger partial charge in [-0.3, -0.25) is 13.9 Å². The summed E-state index contributed by atoms with van der Waals surface area (Å²) in [6.45, 7) is 3.49. The Labute approximate surface area is 284 Å². The number of methoxy groups -OCH3 is 1. The van der Waals surface area contributed by atoms with Crippen LogP contribution in [0, 0.1) is 13.8 Å². The number of amides is 2. The van der Waals surface area contributed by atoms with Crippen molar-refractivity contribution in [3.63, 3.8) is 0 Å². The number of rotatable bonds is 13. The molecule has 1 fully saturated rings. The third-order valence-corrected chi connectivity index (χ3v) is 10.7. The van der Waals surface area contributed by atoms with Crippen LogP contribution in [0.4, 0.5) is 5.69 Å². The Kier molecular flexibility index (Phi) is 11.5. The second-order valence-corrected chi connectivity index (χ2v) is 14.4. The number of aryl methyl sites for hydroxylation is 2. The van der Waals surface area contributed by atoms with Gasteiger partial charge in [0.1, 0.15) is 18.3 Å². The van der Waals surface area contributed by atoms with Crippen molar-refractivity contribution in [3.05, 3.63) is 125 Å². The quantitative estimate of drug-likeness (QED) is 0.174. The van der Waals surface area contributed by atoms with E-state index < -0.39 is 28.5 Å². The van der Waals surface area contributed by atoms with Gasteiger partial charge in [0.05, 0.1) is 17.7 Å². The van der Waals surface area contributed by atoms with Crippen LogP contribution in [0.1, 0.15) is 54.4 Å². The summed E-state index contributed by atoms with van der Waals surface area (Å²) >= 11 is 0. The van der Waals surface area contributed by atoms with E-state index in [4.69, 9.17) is 4.74 Å². The van der Waals surface area contributed by atoms with Crippen molar-refractivity contribution in [1.29, 1.82) is 0 Å². The van der Waals surface area contributed by atoms with Gasteiger partial charge in [-0.1, -0.05) is 103 Å². The van der Waals surface area contributed by atoms with Gasteiger partial charge in [0.25, 0.3) is 10.0 Å². The number of carbonyl (C=O) groups excluding carboxylic acids is 2. The highest BCUT2D eigenvalue weighted by molar-refractivity contribution is 7.92. The molecule has 1 aliphatic carbocycles. The fourth-order valence-corrected chi connectivity index (χ4v) is 7.53. The third-order valence-electron chi connectivity index (χ3n) is 8.93. The number of anilines is 1. The summed E-state index contributed by atoms with van der Waals surface area (Å²) in [6.07, 6.45) is 5.32. The van der Waals surface area contributed by atoms with Crippen molar-refractivity contribution in [1.82, 2.24) is 10.2 Å². The van der Waals surface area contributed by atoms with Crippen molar-refractivity contribution in [2.75, 3.05) is 18.0 Å². The number of nitrogens with zero attached hydrogens (tertiary/aromatic N) is 2. The van der Waals surface area contributed by atoms with E-state index in [9.17, 15) is 18.0 Å². The second-order valence-electron chi connectivity index (χ2n) is 12.6. The number of sulfonamides is 1. The minimum atomic E-state index is -4.20. The Morgan fingerprint density at radius 1 is 0.812 bits per heavy atom. The Bertz CT molecular complexity index is 1770. The molecular formula is C39H45N3O5S. The van der Waals surface area contributed by atoms with Crippen LogP contribution in [0.3, 0.4) is 0 Å². The molecule has 1 aliphatic rings. The minimum Gasteiger partial charge on any atom is -0.497 e. The first-order chi connectivity index (χ1) is 23.1. The predicted octanol–water partition coefficient (Wildman–Crippen LogP) is 6.60. The lowest BCUT2D eigenvalue weighted by Crippen LogP contribution is -2.55. The van der Waals surface area contributed by atoms with Gasteiger partial charge in [0, 0.05) is 25.1 Å². The smallest absolute Gasteiger partial charge is 0.264 e. The first kappa shape index (κ1) is 34.7. The predicted molar refractivity (Wildman–Crippen MR) is 189 cm³/mol. The molecular weight excluding hydrogens is 623 g/mol. The molecule has 8 nitrogen and oxygen atoms in total. The summed E-state index contributed by atoms with van der Waals surface area (Å²) in [5, 5.41) is 3.25. The Morgan fingerprint density at radius 3 is 2.10 bits per heavy atom. The summed E-state index contributed by atoms with van der Waals surface area (Å²) < 4.78 is 35.1. The molecule has 1 unspecified atom stereocenters. The zero-order chi connectivity index (χ0) is 34.1. The minimum absolute atomic E-state index is 0.0380. The van der Waals surface area contributed by atoms with Gasteiger partial charge in [-0.05, 0) is 62.1 Å². The lowest BCUT2D eigenvalue weighted by molar-refractivity contribution is -0.140. The van der Waals surface area contributed by atoms with Crippen LogP contribution in [0.25, 0.3) is 0 Å². The monoisotopic (exact) mass is 667 g/mol. The van der Waals surface area contributed by atoms with Gasteiger partial charge in [-0.25, -0.2) is 8.42 Å². The molecule has 1 atom stereocenters. The average molecular weight is 668 g/mol. The van der Waals surface area contributed by atoms with E-state index in [2.05, 4.69) is 5.32 Å². The van der Waals surface area contributed by atoms with E-state index in [-0.39, 0.29) is 35.5 Å². The molecule has 0 aliphatic heterocycles. The molecule has 1 N–H and O–H groups in total. The van der Waals surface area contributed by atoms with Gasteiger partial charge < -0.3 is 15.0 Å². The van der Waals surface area contributed by atoms with Crippen molar-refractivity contribution < 1.29 is 22.7 Å². The van der Waals surface area contributed by atoms with Gasteiger partial charge in [-0.2, -0.15) is 0 Å². The zero-order valence-electron chi connectivity index (χ0n) is 28.0. The molecule has 252 valence electrons. The third kappa shape index (κ3) is 8.83. The van der Waals surface area contributed by atoms with E-state index in [1.807, 2.05) is 68.4 Å². The first-order valence-corrected chi connectivity index (χ1v) is 18.0. The highest BCUT2D eigenvalue weighted by Gasteiger charge is 2.35. The highest BCUT2D eigenvalue weighted by Crippen LogP contribution is 2.28. The van der Waals surface area contributed by atoms with Crippen molar-refractivity contribution >= 4 is 27.5 Å². The topological polar surface area (TPSA) is 96.0 Å². The summed E-state index contributed by atoms with van der Waals surface area (Å²) in [5.41, 5.74) is 4.01. The molecule has 0 bridgehead atoms. The van der Waals surface area contributed by atoms with Crippen LogP contribution in [0.2, 0.25) is 0 Å². The Morgan fingerprint density at radius 2 is 1.46 bits per heavy atom. The molecule has 9 heteroatoms. The molecule has 0 saturated heterocycles. The molecule has 5 rings (SSSR count). The van der Waals surface area contributed by atoms with E-state index in [1.165, 1.54) is 7.11 Å². The fraction of sp³-hybridized carbons (Fsp3) is 0.333. The highest BCUT2D eigenvalue weighted by atomic mass is 32.2. The lowest BCUT2D eigenvalue weighted by Gasteiger charge is -2.35. The summed E-state index contributed by atoms with van der Waals surface area (Å²) in [7, 11) is -2.70. The zero-order valence-corrected chi connectivity index (χ0v) is 28.8. The van der Waals surface area contributed by atoms with Crippen LogP contribution >= 0.6 is 0 Å².